The zero-order chi connectivity index (χ0) is 60.5. The molecule has 9 nitrogen and oxygen atoms in total. The molecule has 0 radical (unpaired) electrons. The topological polar surface area (TPSA) is 108 Å². The van der Waals surface area contributed by atoms with Crippen molar-refractivity contribution in [3.8, 4) is 0 Å². The maximum absolute atomic E-state index is 12.9. The number of carboxylic acids is 1. The molecule has 0 rings (SSSR count). The van der Waals surface area contributed by atoms with Crippen LogP contribution in [0.25, 0.3) is 0 Å². The van der Waals surface area contributed by atoms with Gasteiger partial charge in [0.1, 0.15) is 13.2 Å². The molecule has 0 spiro atoms. The van der Waals surface area contributed by atoms with Gasteiger partial charge in [-0.3, -0.25) is 9.59 Å². The van der Waals surface area contributed by atoms with Gasteiger partial charge in [-0.05, 0) is 96.3 Å². The van der Waals surface area contributed by atoms with Gasteiger partial charge >= 0.3 is 17.9 Å². The summed E-state index contributed by atoms with van der Waals surface area (Å²) in [5, 5.41) is 9.74. The molecule has 0 aromatic heterocycles. The van der Waals surface area contributed by atoms with Crippen LogP contribution in [0.2, 0.25) is 0 Å². The second-order valence-electron chi connectivity index (χ2n) is 24.1. The highest BCUT2D eigenvalue weighted by Gasteiger charge is 2.25. The molecule has 0 saturated carbocycles. The highest BCUT2D eigenvalue weighted by molar-refractivity contribution is 5.71. The van der Waals surface area contributed by atoms with Gasteiger partial charge < -0.3 is 28.5 Å². The number of carboxylic acid groups (broad SMARTS) is 1. The first-order valence-corrected chi connectivity index (χ1v) is 34.4. The zero-order valence-electron chi connectivity index (χ0n) is 54.6. The van der Waals surface area contributed by atoms with Gasteiger partial charge in [0.05, 0.1) is 34.4 Å². The fourth-order valence-electron chi connectivity index (χ4n) is 9.58. The third-order valence-corrected chi connectivity index (χ3v) is 14.8. The largest absolute Gasteiger partial charge is 0.477 e. The van der Waals surface area contributed by atoms with Gasteiger partial charge in [-0.2, -0.15) is 0 Å². The van der Waals surface area contributed by atoms with Crippen LogP contribution in [0, 0.1) is 0 Å². The third kappa shape index (κ3) is 65.6. The van der Waals surface area contributed by atoms with Crippen molar-refractivity contribution in [3.05, 3.63) is 97.2 Å². The number of ether oxygens (including phenoxy) is 4. The number of hydrogen-bond donors (Lipinski definition) is 1. The van der Waals surface area contributed by atoms with Gasteiger partial charge in [-0.25, -0.2) is 4.79 Å². The molecule has 9 heteroatoms. The first-order valence-electron chi connectivity index (χ1n) is 34.4. The van der Waals surface area contributed by atoms with Crippen LogP contribution in [0.4, 0.5) is 0 Å². The molecule has 478 valence electrons. The van der Waals surface area contributed by atoms with Crippen molar-refractivity contribution >= 4 is 17.9 Å². The number of rotatable bonds is 63. The fourth-order valence-corrected chi connectivity index (χ4v) is 9.58. The third-order valence-electron chi connectivity index (χ3n) is 14.8. The van der Waals surface area contributed by atoms with E-state index >= 15 is 0 Å². The van der Waals surface area contributed by atoms with Crippen molar-refractivity contribution in [3.63, 3.8) is 0 Å². The molecule has 0 aliphatic rings. The first kappa shape index (κ1) is 79.2. The second kappa shape index (κ2) is 64.2. The number of hydrogen-bond acceptors (Lipinski definition) is 7. The van der Waals surface area contributed by atoms with Crippen molar-refractivity contribution < 1.29 is 42.9 Å². The molecule has 0 aliphatic carbocycles. The Morgan fingerprint density at radius 1 is 0.373 bits per heavy atom. The van der Waals surface area contributed by atoms with Gasteiger partial charge in [0, 0.05) is 12.8 Å². The van der Waals surface area contributed by atoms with Crippen LogP contribution in [-0.4, -0.2) is 87.4 Å². The van der Waals surface area contributed by atoms with E-state index in [0.29, 0.717) is 17.4 Å². The second-order valence-corrected chi connectivity index (χ2v) is 24.1. The van der Waals surface area contributed by atoms with E-state index in [2.05, 4.69) is 111 Å². The summed E-state index contributed by atoms with van der Waals surface area (Å²) in [7, 11) is 5.98. The minimum absolute atomic E-state index is 0.185. The van der Waals surface area contributed by atoms with Crippen molar-refractivity contribution in [1.29, 1.82) is 0 Å². The normalized spacial score (nSPS) is 13.3. The Bertz CT molecular complexity index is 1680. The fraction of sp³-hybridized carbons (Fsp3) is 0.743. The average Bonchev–Trinajstić information content (AvgIpc) is 3.46. The molecule has 0 aromatic rings. The Balaban J connectivity index is 4.08. The van der Waals surface area contributed by atoms with E-state index in [4.69, 9.17) is 18.9 Å². The van der Waals surface area contributed by atoms with E-state index in [0.717, 1.165) is 83.5 Å². The summed E-state index contributed by atoms with van der Waals surface area (Å²) in [5.41, 5.74) is 0. The maximum Gasteiger partial charge on any atom is 0.361 e. The molecule has 0 heterocycles. The number of allylic oxidation sites excluding steroid dienone is 16. The van der Waals surface area contributed by atoms with E-state index in [1.807, 2.05) is 21.1 Å². The van der Waals surface area contributed by atoms with Crippen molar-refractivity contribution in [1.82, 2.24) is 0 Å². The highest BCUT2D eigenvalue weighted by atomic mass is 16.7. The number of esters is 2. The summed E-state index contributed by atoms with van der Waals surface area (Å²) in [6.45, 7) is 4.77. The quantitative estimate of drug-likeness (QED) is 0.0211. The molecule has 0 aromatic carbocycles. The van der Waals surface area contributed by atoms with Crippen LogP contribution in [-0.2, 0) is 33.3 Å². The van der Waals surface area contributed by atoms with Crippen molar-refractivity contribution in [2.24, 2.45) is 0 Å². The lowest BCUT2D eigenvalue weighted by atomic mass is 10.0. The molecule has 0 saturated heterocycles. The maximum atomic E-state index is 12.9. The van der Waals surface area contributed by atoms with Gasteiger partial charge in [0.25, 0.3) is 6.29 Å². The monoisotopic (exact) mass is 1160 g/mol. The predicted octanol–water partition coefficient (Wildman–Crippen LogP) is 21.2. The molecule has 0 aliphatic heterocycles. The van der Waals surface area contributed by atoms with Crippen molar-refractivity contribution in [2.45, 2.75) is 309 Å². The number of quaternary nitrogens is 1. The molecular formula is C74H130NO8+. The molecule has 0 fully saturated rings. The summed E-state index contributed by atoms with van der Waals surface area (Å²) >= 11 is 0. The van der Waals surface area contributed by atoms with Gasteiger partial charge in [-0.15, -0.1) is 0 Å². The Morgan fingerprint density at radius 2 is 0.687 bits per heavy atom. The van der Waals surface area contributed by atoms with E-state index in [1.54, 1.807) is 0 Å². The van der Waals surface area contributed by atoms with Gasteiger partial charge in [0.2, 0.25) is 0 Å². The zero-order valence-corrected chi connectivity index (χ0v) is 54.6. The van der Waals surface area contributed by atoms with Gasteiger partial charge in [0.15, 0.2) is 6.10 Å². The number of unbranched alkanes of at least 4 members (excludes halogenated alkanes) is 32. The SMILES string of the molecule is CC/C=C\C/C=C\C/C=C\C/C=C\C/C=C\C/C=C\CCCCCCCCCCCCCCCCCCCCC(=O)OC(COC(=O)CCCCCCCCCCC/C=C\C/C=C\CCCCCCC)COC(OCC[N+](C)(C)C)C(=O)O. The molecule has 0 bridgehead atoms. The average molecular weight is 1160 g/mol. The van der Waals surface area contributed by atoms with E-state index in [1.165, 1.54) is 186 Å². The van der Waals surface area contributed by atoms with Gasteiger partial charge in [-0.1, -0.05) is 284 Å². The summed E-state index contributed by atoms with van der Waals surface area (Å²) in [4.78, 5) is 37.6. The molecule has 2 atom stereocenters. The Morgan fingerprint density at radius 3 is 1.02 bits per heavy atom. The van der Waals surface area contributed by atoms with Crippen LogP contribution in [0.1, 0.15) is 296 Å². The first-order chi connectivity index (χ1) is 40.6. The Labute approximate surface area is 512 Å². The lowest BCUT2D eigenvalue weighted by Crippen LogP contribution is -2.40. The summed E-state index contributed by atoms with van der Waals surface area (Å²) in [5.74, 6) is -2.00. The van der Waals surface area contributed by atoms with Crippen LogP contribution in [0.15, 0.2) is 97.2 Å². The molecule has 2 unspecified atom stereocenters. The summed E-state index contributed by atoms with van der Waals surface area (Å²) in [6.07, 6.45) is 85.1. The minimum Gasteiger partial charge on any atom is -0.477 e. The number of carbonyl (C=O) groups excluding carboxylic acids is 2. The molecular weight excluding hydrogens is 1030 g/mol. The molecule has 0 amide bonds. The highest BCUT2D eigenvalue weighted by Crippen LogP contribution is 2.17. The van der Waals surface area contributed by atoms with E-state index in [-0.39, 0.29) is 32.2 Å². The Kier molecular flexibility index (Phi) is 61.3. The van der Waals surface area contributed by atoms with Crippen LogP contribution < -0.4 is 0 Å². The number of nitrogens with zero attached hydrogens (tertiary/aromatic N) is 1. The van der Waals surface area contributed by atoms with E-state index in [9.17, 15) is 19.5 Å². The summed E-state index contributed by atoms with van der Waals surface area (Å²) < 4.78 is 23.0. The van der Waals surface area contributed by atoms with Crippen molar-refractivity contribution in [2.75, 3.05) is 47.5 Å². The molecule has 83 heavy (non-hydrogen) atoms. The standard InChI is InChI=1S/C74H129NO8/c1-6-8-10-12-14-16-18-20-22-24-26-28-29-30-31-32-33-34-35-36-37-38-39-40-41-42-43-45-47-49-51-53-55-57-59-61-63-65-72(77)83-70(69-82-74(73(78)79)80-67-66-75(3,4)5)68-81-71(76)64-62-60-58-56-54-52-50-48-46-44-27-25-23-21-19-17-15-13-11-9-7-2/h8,10,14,16,19-22,25-28,30-31,33-34,70,74H,6-7,9,11-13,15,17-18,23-24,29,32,35-69H2,1-5H3/p+1/b10-8-,16-14-,21-19-,22-20-,27-25-,28-26-,31-30-,34-33-. The minimum atomic E-state index is -1.51. The van der Waals surface area contributed by atoms with Crippen LogP contribution in [0.3, 0.4) is 0 Å². The lowest BCUT2D eigenvalue weighted by molar-refractivity contribution is -0.870. The number of carbonyl (C=O) groups is 3. The van der Waals surface area contributed by atoms with Crippen LogP contribution in [0.5, 0.6) is 0 Å². The number of aliphatic carboxylic acids is 1. The predicted molar refractivity (Wildman–Crippen MR) is 355 cm³/mol. The smallest absolute Gasteiger partial charge is 0.361 e. The molecule has 1 N–H and O–H groups in total. The Hall–Kier alpha value is -3.79. The lowest BCUT2D eigenvalue weighted by Gasteiger charge is -2.25. The van der Waals surface area contributed by atoms with E-state index < -0.39 is 24.3 Å². The van der Waals surface area contributed by atoms with Crippen LogP contribution >= 0.6 is 0 Å². The summed E-state index contributed by atoms with van der Waals surface area (Å²) in [6, 6.07) is 0. The number of likely N-dealkylation sites (N-methyl/N-ethyl adjacent to an activating group) is 1.